The van der Waals surface area contributed by atoms with Crippen molar-refractivity contribution in [2.75, 3.05) is 23.3 Å². The first-order chi connectivity index (χ1) is 16.7. The maximum atomic E-state index is 14.1. The largest absolute Gasteiger partial charge is 0.443 e. The second-order valence-corrected chi connectivity index (χ2v) is 10.1. The lowest BCUT2D eigenvalue weighted by molar-refractivity contribution is 0.0560. The van der Waals surface area contributed by atoms with Crippen LogP contribution in [0.25, 0.3) is 10.6 Å². The van der Waals surface area contributed by atoms with E-state index in [0.29, 0.717) is 28.5 Å². The Kier molecular flexibility index (Phi) is 7.42. The van der Waals surface area contributed by atoms with Crippen LogP contribution in [-0.2, 0) is 4.74 Å². The molecule has 1 saturated heterocycles. The Morgan fingerprint density at radius 2 is 2.06 bits per heavy atom. The smallest absolute Gasteiger partial charge is 0.415 e. The zero-order chi connectivity index (χ0) is 25.0. The van der Waals surface area contributed by atoms with E-state index in [4.69, 9.17) is 4.74 Å². The summed E-state index contributed by atoms with van der Waals surface area (Å²) in [5, 5.41) is 8.12. The second kappa shape index (κ2) is 10.5. The number of hydrogen-bond acceptors (Lipinski definition) is 7. The van der Waals surface area contributed by atoms with Crippen molar-refractivity contribution in [1.82, 2.24) is 15.3 Å². The number of amides is 2. The predicted molar refractivity (Wildman–Crippen MR) is 134 cm³/mol. The lowest BCUT2D eigenvalue weighted by atomic mass is 10.1. The molecule has 4 rings (SSSR count). The number of halogens is 1. The molecule has 1 fully saturated rings. The van der Waals surface area contributed by atoms with E-state index < -0.39 is 23.4 Å². The van der Waals surface area contributed by atoms with Crippen LogP contribution in [0.2, 0.25) is 0 Å². The Morgan fingerprint density at radius 3 is 2.77 bits per heavy atom. The highest BCUT2D eigenvalue weighted by Crippen LogP contribution is 2.31. The summed E-state index contributed by atoms with van der Waals surface area (Å²) in [4.78, 5) is 36.4. The van der Waals surface area contributed by atoms with Crippen LogP contribution in [0, 0.1) is 5.82 Å². The molecule has 2 amide bonds. The molecule has 1 atom stereocenters. The lowest BCUT2D eigenvalue weighted by Crippen LogP contribution is -2.50. The molecule has 2 N–H and O–H groups in total. The third-order valence-corrected chi connectivity index (χ3v) is 6.25. The molecule has 0 bridgehead atoms. The van der Waals surface area contributed by atoms with E-state index in [9.17, 15) is 14.0 Å². The van der Waals surface area contributed by atoms with E-state index in [0.717, 1.165) is 19.4 Å². The minimum Gasteiger partial charge on any atom is -0.443 e. The van der Waals surface area contributed by atoms with Crippen molar-refractivity contribution in [2.45, 2.75) is 45.3 Å². The van der Waals surface area contributed by atoms with Gasteiger partial charge in [0.05, 0.1) is 23.6 Å². The number of ether oxygens (including phenoxy) is 1. The van der Waals surface area contributed by atoms with Gasteiger partial charge in [-0.2, -0.15) is 0 Å². The molecule has 0 aliphatic carbocycles. The number of hydrogen-bond donors (Lipinski definition) is 2. The molecule has 35 heavy (non-hydrogen) atoms. The summed E-state index contributed by atoms with van der Waals surface area (Å²) in [6.07, 6.45) is 4.26. The summed E-state index contributed by atoms with van der Waals surface area (Å²) in [5.41, 5.74) is 0.637. The molecule has 0 unspecified atom stereocenters. The van der Waals surface area contributed by atoms with E-state index in [1.165, 1.54) is 23.6 Å². The van der Waals surface area contributed by atoms with Gasteiger partial charge >= 0.3 is 6.09 Å². The zero-order valence-electron chi connectivity index (χ0n) is 19.9. The van der Waals surface area contributed by atoms with Gasteiger partial charge in [0.2, 0.25) is 0 Å². The van der Waals surface area contributed by atoms with Gasteiger partial charge in [0.15, 0.2) is 0 Å². The Morgan fingerprint density at radius 1 is 1.26 bits per heavy atom. The Hall–Kier alpha value is -3.37. The van der Waals surface area contributed by atoms with E-state index in [1.807, 2.05) is 20.8 Å². The highest BCUT2D eigenvalue weighted by Gasteiger charge is 2.32. The maximum Gasteiger partial charge on any atom is 0.415 e. The number of carbonyl (C=O) groups is 2. The third-order valence-electron chi connectivity index (χ3n) is 5.37. The molecule has 0 saturated carbocycles. The predicted octanol–water partition coefficient (Wildman–Crippen LogP) is 5.09. The van der Waals surface area contributed by atoms with Gasteiger partial charge in [-0.05, 0) is 58.4 Å². The fourth-order valence-electron chi connectivity index (χ4n) is 3.83. The van der Waals surface area contributed by atoms with Gasteiger partial charge in [-0.1, -0.05) is 12.1 Å². The molecule has 2 aromatic heterocycles. The molecular formula is C25H28FN5O3S. The number of rotatable bonds is 5. The molecule has 0 spiro atoms. The molecule has 1 aliphatic rings. The van der Waals surface area contributed by atoms with Crippen molar-refractivity contribution < 1.29 is 18.7 Å². The van der Waals surface area contributed by atoms with Crippen molar-refractivity contribution in [3.63, 3.8) is 0 Å². The topological polar surface area (TPSA) is 96.5 Å². The molecule has 10 heteroatoms. The van der Waals surface area contributed by atoms with Gasteiger partial charge in [-0.3, -0.25) is 14.7 Å². The lowest BCUT2D eigenvalue weighted by Gasteiger charge is -2.36. The Bertz CT molecular complexity index is 1200. The Labute approximate surface area is 207 Å². The van der Waals surface area contributed by atoms with Gasteiger partial charge in [-0.15, -0.1) is 11.3 Å². The van der Waals surface area contributed by atoms with E-state index in [1.54, 1.807) is 40.7 Å². The van der Waals surface area contributed by atoms with E-state index in [-0.39, 0.29) is 11.7 Å². The van der Waals surface area contributed by atoms with Crippen molar-refractivity contribution in [3.05, 3.63) is 59.6 Å². The summed E-state index contributed by atoms with van der Waals surface area (Å²) in [6, 6.07) is 7.81. The van der Waals surface area contributed by atoms with Crippen LogP contribution in [0.15, 0.2) is 48.1 Å². The molecule has 3 heterocycles. The summed E-state index contributed by atoms with van der Waals surface area (Å²) < 4.78 is 19.8. The average molecular weight is 498 g/mol. The second-order valence-electron chi connectivity index (χ2n) is 9.22. The summed E-state index contributed by atoms with van der Waals surface area (Å²) in [5.74, 6) is -0.888. The summed E-state index contributed by atoms with van der Waals surface area (Å²) >= 11 is 1.18. The number of nitrogens with one attached hydrogen (secondary N) is 2. The molecular weight excluding hydrogens is 469 g/mol. The number of thiazole rings is 1. The number of anilines is 2. The molecule has 3 aromatic rings. The van der Waals surface area contributed by atoms with Gasteiger partial charge in [0.25, 0.3) is 5.91 Å². The van der Waals surface area contributed by atoms with Gasteiger partial charge in [0, 0.05) is 23.7 Å². The minimum absolute atomic E-state index is 0.145. The number of carbonyl (C=O) groups excluding carboxylic acids is 2. The van der Waals surface area contributed by atoms with Gasteiger partial charge in [-0.25, -0.2) is 14.2 Å². The highest BCUT2D eigenvalue weighted by molar-refractivity contribution is 7.13. The Balaban J connectivity index is 1.61. The van der Waals surface area contributed by atoms with Crippen LogP contribution in [0.5, 0.6) is 0 Å². The van der Waals surface area contributed by atoms with Crippen molar-refractivity contribution in [1.29, 1.82) is 0 Å². The maximum absolute atomic E-state index is 14.1. The third kappa shape index (κ3) is 6.01. The van der Waals surface area contributed by atoms with Crippen LogP contribution >= 0.6 is 11.3 Å². The number of aromatic nitrogens is 2. The normalized spacial score (nSPS) is 15.9. The average Bonchev–Trinajstić information content (AvgIpc) is 3.30. The molecule has 8 nitrogen and oxygen atoms in total. The van der Waals surface area contributed by atoms with Crippen LogP contribution in [-0.4, -0.2) is 46.7 Å². The highest BCUT2D eigenvalue weighted by atomic mass is 32.1. The zero-order valence-corrected chi connectivity index (χ0v) is 20.7. The minimum atomic E-state index is -0.683. The van der Waals surface area contributed by atoms with Crippen LogP contribution < -0.4 is 15.5 Å². The SMILES string of the molecule is CC(C)(C)OC(=O)N(c1ccncc1NC(=O)c1csc(-c2ccccc2F)n1)[C@H]1CCCNC1. The quantitative estimate of drug-likeness (QED) is 0.510. The number of nitrogens with zero attached hydrogens (tertiary/aromatic N) is 3. The van der Waals surface area contributed by atoms with E-state index >= 15 is 0 Å². The monoisotopic (exact) mass is 497 g/mol. The van der Waals surface area contributed by atoms with Crippen LogP contribution in [0.1, 0.15) is 44.1 Å². The summed E-state index contributed by atoms with van der Waals surface area (Å²) in [6.45, 7) is 6.92. The van der Waals surface area contributed by atoms with Crippen molar-refractivity contribution >= 4 is 34.7 Å². The van der Waals surface area contributed by atoms with Gasteiger partial charge in [0.1, 0.15) is 22.1 Å². The molecule has 1 aliphatic heterocycles. The first kappa shape index (κ1) is 24.7. The fourth-order valence-corrected chi connectivity index (χ4v) is 4.65. The summed E-state index contributed by atoms with van der Waals surface area (Å²) in [7, 11) is 0. The first-order valence-corrected chi connectivity index (χ1v) is 12.3. The number of pyridine rings is 1. The number of piperidine rings is 1. The number of benzene rings is 1. The van der Waals surface area contributed by atoms with Crippen molar-refractivity contribution in [3.8, 4) is 10.6 Å². The van der Waals surface area contributed by atoms with E-state index in [2.05, 4.69) is 20.6 Å². The standard InChI is InChI=1S/C25H28FN5O3S/c1-25(2,3)34-24(33)31(16-7-6-11-27-13-16)21-10-12-28-14-19(21)29-22(32)20-15-35-23(30-20)17-8-4-5-9-18(17)26/h4-5,8-10,12,14-16,27H,6-7,11,13H2,1-3H3,(H,29,32)/t16-/m0/s1. The fraction of sp³-hybridized carbons (Fsp3) is 0.360. The molecule has 184 valence electrons. The van der Waals surface area contributed by atoms with Gasteiger partial charge < -0.3 is 15.4 Å². The van der Waals surface area contributed by atoms with Crippen LogP contribution in [0.4, 0.5) is 20.6 Å². The van der Waals surface area contributed by atoms with Crippen molar-refractivity contribution in [2.24, 2.45) is 0 Å². The van der Waals surface area contributed by atoms with Crippen LogP contribution in [0.3, 0.4) is 0 Å². The molecule has 0 radical (unpaired) electrons. The molecule has 1 aromatic carbocycles. The first-order valence-electron chi connectivity index (χ1n) is 11.4.